The van der Waals surface area contributed by atoms with Crippen molar-refractivity contribution in [1.29, 1.82) is 0 Å². The van der Waals surface area contributed by atoms with Gasteiger partial charge in [0.15, 0.2) is 0 Å². The van der Waals surface area contributed by atoms with E-state index in [0.717, 1.165) is 42.3 Å². The van der Waals surface area contributed by atoms with Crippen LogP contribution in [0.25, 0.3) is 16.3 Å². The summed E-state index contributed by atoms with van der Waals surface area (Å²) in [5.41, 5.74) is 4.67. The summed E-state index contributed by atoms with van der Waals surface area (Å²) in [6.45, 7) is 3.39. The molecule has 0 spiro atoms. The van der Waals surface area contributed by atoms with Gasteiger partial charge < -0.3 is 10.6 Å². The standard InChI is InChI=1S/C27H26ClN3/c28-27-12-5-4-11-26(27)25(21-7-2-1-3-8-21)14-15-29-17-18-31-20-23-10-6-9-22-19-30-16-13-24(22)23/h1-14,16,19,29,31H,15,17-18,20H2/b25-14-. The summed E-state index contributed by atoms with van der Waals surface area (Å²) in [6, 6.07) is 26.8. The lowest BCUT2D eigenvalue weighted by molar-refractivity contribution is 0.637. The average Bonchev–Trinajstić information content (AvgIpc) is 2.82. The van der Waals surface area contributed by atoms with Crippen LogP contribution >= 0.6 is 11.6 Å². The predicted molar refractivity (Wildman–Crippen MR) is 131 cm³/mol. The van der Waals surface area contributed by atoms with E-state index in [0.29, 0.717) is 0 Å². The van der Waals surface area contributed by atoms with Crippen molar-refractivity contribution in [2.24, 2.45) is 0 Å². The smallest absolute Gasteiger partial charge is 0.0484 e. The molecule has 4 aromatic rings. The highest BCUT2D eigenvalue weighted by Crippen LogP contribution is 2.28. The third-order valence-corrected chi connectivity index (χ3v) is 5.59. The molecule has 1 heterocycles. The first kappa shape index (κ1) is 21.3. The molecule has 0 saturated heterocycles. The third-order valence-electron chi connectivity index (χ3n) is 5.26. The molecule has 4 rings (SSSR count). The molecular weight excluding hydrogens is 402 g/mol. The zero-order valence-electron chi connectivity index (χ0n) is 17.4. The van der Waals surface area contributed by atoms with Crippen LogP contribution in [-0.2, 0) is 6.54 Å². The second-order valence-corrected chi connectivity index (χ2v) is 7.77. The normalized spacial score (nSPS) is 11.7. The Bertz CT molecular complexity index is 1150. The van der Waals surface area contributed by atoms with Crippen LogP contribution in [-0.4, -0.2) is 24.6 Å². The van der Waals surface area contributed by atoms with Crippen molar-refractivity contribution in [3.8, 4) is 0 Å². The van der Waals surface area contributed by atoms with Gasteiger partial charge in [-0.2, -0.15) is 0 Å². The lowest BCUT2D eigenvalue weighted by atomic mass is 9.97. The molecule has 156 valence electrons. The highest BCUT2D eigenvalue weighted by molar-refractivity contribution is 6.32. The summed E-state index contributed by atoms with van der Waals surface area (Å²) in [7, 11) is 0. The van der Waals surface area contributed by atoms with Crippen LogP contribution < -0.4 is 10.6 Å². The van der Waals surface area contributed by atoms with Gasteiger partial charge in [0.25, 0.3) is 0 Å². The minimum Gasteiger partial charge on any atom is -0.312 e. The van der Waals surface area contributed by atoms with Gasteiger partial charge in [-0.3, -0.25) is 4.98 Å². The van der Waals surface area contributed by atoms with Gasteiger partial charge in [0.05, 0.1) is 0 Å². The fourth-order valence-electron chi connectivity index (χ4n) is 3.70. The Morgan fingerprint density at radius 1 is 0.839 bits per heavy atom. The highest BCUT2D eigenvalue weighted by Gasteiger charge is 2.08. The summed E-state index contributed by atoms with van der Waals surface area (Å²) in [6.07, 6.45) is 5.98. The van der Waals surface area contributed by atoms with Gasteiger partial charge in [-0.1, -0.05) is 84.4 Å². The number of hydrogen-bond donors (Lipinski definition) is 2. The number of benzene rings is 3. The molecule has 0 aliphatic heterocycles. The second-order valence-electron chi connectivity index (χ2n) is 7.36. The van der Waals surface area contributed by atoms with Crippen LogP contribution in [0.3, 0.4) is 0 Å². The number of fused-ring (bicyclic) bond motifs is 1. The molecule has 0 saturated carbocycles. The Morgan fingerprint density at radius 2 is 1.65 bits per heavy atom. The van der Waals surface area contributed by atoms with Crippen molar-refractivity contribution < 1.29 is 0 Å². The Kier molecular flexibility index (Phi) is 7.46. The van der Waals surface area contributed by atoms with Crippen LogP contribution in [0.5, 0.6) is 0 Å². The van der Waals surface area contributed by atoms with Crippen LogP contribution in [0.4, 0.5) is 0 Å². The Morgan fingerprint density at radius 3 is 2.52 bits per heavy atom. The second kappa shape index (κ2) is 10.9. The Labute approximate surface area is 188 Å². The van der Waals surface area contributed by atoms with E-state index in [4.69, 9.17) is 11.6 Å². The minimum absolute atomic E-state index is 0.768. The molecule has 0 bridgehead atoms. The minimum atomic E-state index is 0.768. The number of hydrogen-bond acceptors (Lipinski definition) is 3. The van der Waals surface area contributed by atoms with Crippen molar-refractivity contribution in [3.63, 3.8) is 0 Å². The number of rotatable bonds is 9. The van der Waals surface area contributed by atoms with Crippen molar-refractivity contribution in [1.82, 2.24) is 15.6 Å². The van der Waals surface area contributed by atoms with E-state index in [1.807, 2.05) is 36.7 Å². The van der Waals surface area contributed by atoms with E-state index in [2.05, 4.69) is 76.3 Å². The summed E-state index contributed by atoms with van der Waals surface area (Å²) in [5, 5.41) is 10.2. The lowest BCUT2D eigenvalue weighted by Gasteiger charge is -2.12. The van der Waals surface area contributed by atoms with Crippen molar-refractivity contribution in [2.75, 3.05) is 19.6 Å². The predicted octanol–water partition coefficient (Wildman–Crippen LogP) is 5.70. The molecule has 4 heteroatoms. The van der Waals surface area contributed by atoms with E-state index in [9.17, 15) is 0 Å². The SMILES string of the molecule is Clc1ccccc1/C(=C\CNCCNCc1cccc2cnccc12)c1ccccc1. The van der Waals surface area contributed by atoms with Gasteiger partial charge in [0.1, 0.15) is 0 Å². The summed E-state index contributed by atoms with van der Waals surface area (Å²) in [4.78, 5) is 4.20. The summed E-state index contributed by atoms with van der Waals surface area (Å²) in [5.74, 6) is 0. The monoisotopic (exact) mass is 427 g/mol. The van der Waals surface area contributed by atoms with E-state index in [1.165, 1.54) is 21.9 Å². The molecule has 2 N–H and O–H groups in total. The number of pyridine rings is 1. The van der Waals surface area contributed by atoms with E-state index in [1.54, 1.807) is 0 Å². The maximum Gasteiger partial charge on any atom is 0.0484 e. The van der Waals surface area contributed by atoms with E-state index < -0.39 is 0 Å². The van der Waals surface area contributed by atoms with Gasteiger partial charge in [-0.25, -0.2) is 0 Å². The van der Waals surface area contributed by atoms with Gasteiger partial charge in [-0.15, -0.1) is 0 Å². The van der Waals surface area contributed by atoms with Crippen molar-refractivity contribution >= 4 is 27.9 Å². The van der Waals surface area contributed by atoms with E-state index in [-0.39, 0.29) is 0 Å². The van der Waals surface area contributed by atoms with Crippen molar-refractivity contribution in [3.05, 3.63) is 119 Å². The molecule has 3 aromatic carbocycles. The largest absolute Gasteiger partial charge is 0.312 e. The number of halogens is 1. The van der Waals surface area contributed by atoms with Crippen LogP contribution in [0, 0.1) is 0 Å². The molecule has 0 aliphatic carbocycles. The number of nitrogens with one attached hydrogen (secondary N) is 2. The quantitative estimate of drug-likeness (QED) is 0.336. The fourth-order valence-corrected chi connectivity index (χ4v) is 3.94. The first-order valence-electron chi connectivity index (χ1n) is 10.6. The van der Waals surface area contributed by atoms with Crippen LogP contribution in [0.15, 0.2) is 97.3 Å². The maximum absolute atomic E-state index is 6.47. The molecule has 0 unspecified atom stereocenters. The van der Waals surface area contributed by atoms with E-state index >= 15 is 0 Å². The van der Waals surface area contributed by atoms with Crippen LogP contribution in [0.1, 0.15) is 16.7 Å². The van der Waals surface area contributed by atoms with Gasteiger partial charge in [-0.05, 0) is 34.2 Å². The molecule has 0 fully saturated rings. The molecule has 31 heavy (non-hydrogen) atoms. The lowest BCUT2D eigenvalue weighted by Crippen LogP contribution is -2.27. The topological polar surface area (TPSA) is 37.0 Å². The fraction of sp³-hybridized carbons (Fsp3) is 0.148. The van der Waals surface area contributed by atoms with Gasteiger partial charge in [0, 0.05) is 54.5 Å². The number of nitrogens with zero attached hydrogens (tertiary/aromatic N) is 1. The molecular formula is C27H26ClN3. The first-order chi connectivity index (χ1) is 15.3. The highest BCUT2D eigenvalue weighted by atomic mass is 35.5. The zero-order chi connectivity index (χ0) is 21.3. The number of aromatic nitrogens is 1. The average molecular weight is 428 g/mol. The summed E-state index contributed by atoms with van der Waals surface area (Å²) < 4.78 is 0. The van der Waals surface area contributed by atoms with Gasteiger partial charge in [0.2, 0.25) is 0 Å². The maximum atomic E-state index is 6.47. The third kappa shape index (κ3) is 5.59. The molecule has 0 radical (unpaired) electrons. The van der Waals surface area contributed by atoms with Crippen LogP contribution in [0.2, 0.25) is 5.02 Å². The summed E-state index contributed by atoms with van der Waals surface area (Å²) >= 11 is 6.47. The molecule has 0 aliphatic rings. The molecule has 0 atom stereocenters. The zero-order valence-corrected chi connectivity index (χ0v) is 18.1. The Hall–Kier alpha value is -2.98. The Balaban J connectivity index is 1.32. The van der Waals surface area contributed by atoms with Crippen molar-refractivity contribution in [2.45, 2.75) is 6.54 Å². The molecule has 3 nitrogen and oxygen atoms in total. The van der Waals surface area contributed by atoms with Gasteiger partial charge >= 0.3 is 0 Å². The molecule has 1 aromatic heterocycles. The first-order valence-corrected chi connectivity index (χ1v) is 10.9. The molecule has 0 amide bonds.